The van der Waals surface area contributed by atoms with Gasteiger partial charge in [0, 0.05) is 31.0 Å². The minimum absolute atomic E-state index is 0.446. The number of fused-ring (bicyclic) bond motifs is 1. The molecule has 0 amide bonds. The van der Waals surface area contributed by atoms with E-state index in [9.17, 15) is 0 Å². The minimum atomic E-state index is 0.446. The van der Waals surface area contributed by atoms with Gasteiger partial charge in [0.05, 0.1) is 23.4 Å². The van der Waals surface area contributed by atoms with Gasteiger partial charge < -0.3 is 15.6 Å². The first kappa shape index (κ1) is 11.4. The molecule has 2 aromatic heterocycles. The fourth-order valence-electron chi connectivity index (χ4n) is 2.24. The summed E-state index contributed by atoms with van der Waals surface area (Å²) in [6.07, 6.45) is 5.39. The molecule has 3 aromatic rings. The third-order valence-corrected chi connectivity index (χ3v) is 3.52. The lowest BCUT2D eigenvalue weighted by atomic mass is 10.1. The van der Waals surface area contributed by atoms with E-state index in [0.717, 1.165) is 35.2 Å². The van der Waals surface area contributed by atoms with Crippen LogP contribution in [-0.2, 0) is 0 Å². The van der Waals surface area contributed by atoms with Gasteiger partial charge in [-0.2, -0.15) is 0 Å². The first-order chi connectivity index (χ1) is 9.88. The molecule has 1 fully saturated rings. The largest absolute Gasteiger partial charge is 0.349 e. The van der Waals surface area contributed by atoms with E-state index in [4.69, 9.17) is 0 Å². The van der Waals surface area contributed by atoms with E-state index in [1.165, 1.54) is 0 Å². The van der Waals surface area contributed by atoms with Crippen LogP contribution in [0.2, 0.25) is 0 Å². The first-order valence-corrected chi connectivity index (χ1v) is 6.61. The standard InChI is InChI=1S/C14H14N6/c1-2-12-13(19-8-18-12)3-9(1)10-4-16-14(17-5-10)20-11-6-15-7-11/h1-5,8,11,15H,6-7H2,(H,18,19)(H,16,17,20). The van der Waals surface area contributed by atoms with Gasteiger partial charge in [0.15, 0.2) is 0 Å². The summed E-state index contributed by atoms with van der Waals surface area (Å²) < 4.78 is 0. The number of anilines is 1. The Morgan fingerprint density at radius 3 is 2.65 bits per heavy atom. The SMILES string of the molecule is c1nc2ccc(-c3cnc(NC4CNC4)nc3)cc2[nH]1. The Labute approximate surface area is 115 Å². The predicted molar refractivity (Wildman–Crippen MR) is 77.4 cm³/mol. The van der Waals surface area contributed by atoms with Crippen molar-refractivity contribution in [3.8, 4) is 11.1 Å². The van der Waals surface area contributed by atoms with Crippen molar-refractivity contribution in [2.75, 3.05) is 18.4 Å². The second kappa shape index (κ2) is 4.57. The molecule has 3 N–H and O–H groups in total. The summed E-state index contributed by atoms with van der Waals surface area (Å²) in [7, 11) is 0. The zero-order valence-corrected chi connectivity index (χ0v) is 10.8. The van der Waals surface area contributed by atoms with Crippen molar-refractivity contribution in [1.82, 2.24) is 25.3 Å². The van der Waals surface area contributed by atoms with Crippen molar-refractivity contribution in [1.29, 1.82) is 0 Å². The van der Waals surface area contributed by atoms with Gasteiger partial charge in [-0.25, -0.2) is 15.0 Å². The molecule has 0 saturated carbocycles. The second-order valence-corrected chi connectivity index (χ2v) is 4.93. The fraction of sp³-hybridized carbons (Fsp3) is 0.214. The number of nitrogens with zero attached hydrogens (tertiary/aromatic N) is 3. The summed E-state index contributed by atoms with van der Waals surface area (Å²) in [5, 5.41) is 6.49. The lowest BCUT2D eigenvalue weighted by Gasteiger charge is -2.27. The maximum Gasteiger partial charge on any atom is 0.222 e. The van der Waals surface area contributed by atoms with Crippen molar-refractivity contribution in [3.05, 3.63) is 36.9 Å². The quantitative estimate of drug-likeness (QED) is 0.668. The second-order valence-electron chi connectivity index (χ2n) is 4.93. The third-order valence-electron chi connectivity index (χ3n) is 3.52. The number of hydrogen-bond acceptors (Lipinski definition) is 5. The number of aromatic amines is 1. The van der Waals surface area contributed by atoms with Gasteiger partial charge in [0.1, 0.15) is 0 Å². The monoisotopic (exact) mass is 266 g/mol. The Kier molecular flexibility index (Phi) is 2.60. The molecule has 0 aliphatic carbocycles. The Balaban J connectivity index is 1.60. The van der Waals surface area contributed by atoms with Crippen LogP contribution in [0.3, 0.4) is 0 Å². The van der Waals surface area contributed by atoms with E-state index in [1.54, 1.807) is 6.33 Å². The number of benzene rings is 1. The van der Waals surface area contributed by atoms with E-state index < -0.39 is 0 Å². The molecule has 6 heteroatoms. The van der Waals surface area contributed by atoms with Crippen LogP contribution >= 0.6 is 0 Å². The molecule has 4 rings (SSSR count). The highest BCUT2D eigenvalue weighted by Crippen LogP contribution is 2.22. The summed E-state index contributed by atoms with van der Waals surface area (Å²) in [6, 6.07) is 6.53. The van der Waals surface area contributed by atoms with Crippen LogP contribution in [0, 0.1) is 0 Å². The van der Waals surface area contributed by atoms with Gasteiger partial charge in [0.2, 0.25) is 5.95 Å². The highest BCUT2D eigenvalue weighted by molar-refractivity contribution is 5.81. The molecule has 0 unspecified atom stereocenters. The molecule has 1 aromatic carbocycles. The molecule has 0 radical (unpaired) electrons. The van der Waals surface area contributed by atoms with Crippen LogP contribution in [0.1, 0.15) is 0 Å². The van der Waals surface area contributed by atoms with Crippen molar-refractivity contribution in [3.63, 3.8) is 0 Å². The first-order valence-electron chi connectivity index (χ1n) is 6.61. The summed E-state index contributed by atoms with van der Waals surface area (Å²) in [6.45, 7) is 1.95. The van der Waals surface area contributed by atoms with Gasteiger partial charge in [-0.3, -0.25) is 0 Å². The Morgan fingerprint density at radius 1 is 1.05 bits per heavy atom. The zero-order chi connectivity index (χ0) is 13.4. The smallest absolute Gasteiger partial charge is 0.222 e. The molecular weight excluding hydrogens is 252 g/mol. The highest BCUT2D eigenvalue weighted by atomic mass is 15.2. The fourth-order valence-corrected chi connectivity index (χ4v) is 2.24. The molecule has 0 bridgehead atoms. The van der Waals surface area contributed by atoms with Crippen LogP contribution in [0.5, 0.6) is 0 Å². The average molecular weight is 266 g/mol. The van der Waals surface area contributed by atoms with Crippen molar-refractivity contribution >= 4 is 17.0 Å². The van der Waals surface area contributed by atoms with Gasteiger partial charge in [0.25, 0.3) is 0 Å². The highest BCUT2D eigenvalue weighted by Gasteiger charge is 2.16. The number of nitrogens with one attached hydrogen (secondary N) is 3. The number of H-pyrrole nitrogens is 1. The van der Waals surface area contributed by atoms with Crippen molar-refractivity contribution in [2.45, 2.75) is 6.04 Å². The van der Waals surface area contributed by atoms with Crippen LogP contribution in [0.4, 0.5) is 5.95 Å². The molecule has 6 nitrogen and oxygen atoms in total. The normalized spacial score (nSPS) is 15.2. The maximum absolute atomic E-state index is 4.37. The summed E-state index contributed by atoms with van der Waals surface area (Å²) in [5.41, 5.74) is 4.06. The predicted octanol–water partition coefficient (Wildman–Crippen LogP) is 1.40. The van der Waals surface area contributed by atoms with Crippen LogP contribution in [0.25, 0.3) is 22.2 Å². The minimum Gasteiger partial charge on any atom is -0.349 e. The number of imidazole rings is 1. The van der Waals surface area contributed by atoms with E-state index >= 15 is 0 Å². The average Bonchev–Trinajstić information content (AvgIpc) is 2.91. The van der Waals surface area contributed by atoms with E-state index in [-0.39, 0.29) is 0 Å². The molecule has 3 heterocycles. The van der Waals surface area contributed by atoms with E-state index in [0.29, 0.717) is 12.0 Å². The Hall–Kier alpha value is -2.47. The Morgan fingerprint density at radius 2 is 1.90 bits per heavy atom. The summed E-state index contributed by atoms with van der Waals surface area (Å²) >= 11 is 0. The number of rotatable bonds is 3. The van der Waals surface area contributed by atoms with E-state index in [2.05, 4.69) is 36.6 Å². The van der Waals surface area contributed by atoms with Crippen LogP contribution < -0.4 is 10.6 Å². The molecule has 0 spiro atoms. The molecule has 100 valence electrons. The molecule has 1 aliphatic heterocycles. The third kappa shape index (κ3) is 2.00. The number of aromatic nitrogens is 4. The van der Waals surface area contributed by atoms with E-state index in [1.807, 2.05) is 24.5 Å². The number of hydrogen-bond donors (Lipinski definition) is 3. The summed E-state index contributed by atoms with van der Waals surface area (Å²) in [4.78, 5) is 16.1. The molecule has 20 heavy (non-hydrogen) atoms. The lowest BCUT2D eigenvalue weighted by Crippen LogP contribution is -2.51. The molecule has 1 saturated heterocycles. The lowest BCUT2D eigenvalue weighted by molar-refractivity contribution is 0.470. The van der Waals surface area contributed by atoms with Crippen molar-refractivity contribution in [2.24, 2.45) is 0 Å². The van der Waals surface area contributed by atoms with Crippen molar-refractivity contribution < 1.29 is 0 Å². The topological polar surface area (TPSA) is 78.5 Å². The molecular formula is C14H14N6. The maximum atomic E-state index is 4.37. The van der Waals surface area contributed by atoms with Gasteiger partial charge in [-0.1, -0.05) is 6.07 Å². The summed E-state index contributed by atoms with van der Waals surface area (Å²) in [5.74, 6) is 0.683. The Bertz CT molecular complexity index is 729. The zero-order valence-electron chi connectivity index (χ0n) is 10.8. The van der Waals surface area contributed by atoms with Gasteiger partial charge in [-0.05, 0) is 17.7 Å². The molecule has 0 atom stereocenters. The van der Waals surface area contributed by atoms with Gasteiger partial charge >= 0.3 is 0 Å². The van der Waals surface area contributed by atoms with Crippen LogP contribution in [-0.4, -0.2) is 39.1 Å². The van der Waals surface area contributed by atoms with Crippen LogP contribution in [0.15, 0.2) is 36.9 Å². The van der Waals surface area contributed by atoms with Gasteiger partial charge in [-0.15, -0.1) is 0 Å². The molecule has 1 aliphatic rings.